The van der Waals surface area contributed by atoms with Crippen molar-refractivity contribution in [2.45, 2.75) is 32.0 Å². The van der Waals surface area contributed by atoms with Crippen LogP contribution in [-0.2, 0) is 9.53 Å². The van der Waals surface area contributed by atoms with E-state index in [-0.39, 0.29) is 17.8 Å². The smallest absolute Gasteiger partial charge is 0.338 e. The summed E-state index contributed by atoms with van der Waals surface area (Å²) in [5, 5.41) is 15.0. The molecule has 0 bridgehead atoms. The molecule has 3 aromatic rings. The number of carbonyl (C=O) groups is 2. The number of nitrogens with one attached hydrogen (secondary N) is 1. The van der Waals surface area contributed by atoms with Gasteiger partial charge in [0.15, 0.2) is 0 Å². The number of thioether (sulfide) groups is 1. The third kappa shape index (κ3) is 5.64. The zero-order valence-corrected chi connectivity index (χ0v) is 17.1. The second kappa shape index (κ2) is 9.33. The molecule has 1 N–H and O–H groups in total. The lowest BCUT2D eigenvalue weighted by Crippen LogP contribution is -2.15. The van der Waals surface area contributed by atoms with Gasteiger partial charge in [-0.2, -0.15) is 4.68 Å². The van der Waals surface area contributed by atoms with Gasteiger partial charge in [-0.15, -0.1) is 5.10 Å². The molecule has 0 fully saturated rings. The van der Waals surface area contributed by atoms with Crippen molar-refractivity contribution in [2.75, 3.05) is 11.1 Å². The van der Waals surface area contributed by atoms with E-state index in [1.807, 2.05) is 31.2 Å². The van der Waals surface area contributed by atoms with Gasteiger partial charge >= 0.3 is 5.97 Å². The summed E-state index contributed by atoms with van der Waals surface area (Å²) in [5.74, 6) is -0.453. The molecule has 1 aromatic heterocycles. The van der Waals surface area contributed by atoms with Crippen molar-refractivity contribution in [1.29, 1.82) is 0 Å². The van der Waals surface area contributed by atoms with E-state index in [2.05, 4.69) is 20.8 Å². The molecule has 0 aliphatic heterocycles. The number of esters is 1. The second-order valence-electron chi connectivity index (χ2n) is 6.58. The van der Waals surface area contributed by atoms with E-state index < -0.39 is 5.97 Å². The standard InChI is InChI=1S/C20H21N5O3S/c1-13(2)28-19(27)15-6-8-16(9-7-15)21-18(26)12-29-20-22-23-24-25(20)17-10-4-14(3)5-11-17/h4-11,13H,12H2,1-3H3,(H,21,26). The number of nitrogens with zero attached hydrogens (tertiary/aromatic N) is 4. The summed E-state index contributed by atoms with van der Waals surface area (Å²) in [5.41, 5.74) is 2.99. The Labute approximate surface area is 172 Å². The van der Waals surface area contributed by atoms with Crippen molar-refractivity contribution < 1.29 is 14.3 Å². The lowest BCUT2D eigenvalue weighted by atomic mass is 10.2. The van der Waals surface area contributed by atoms with Gasteiger partial charge < -0.3 is 10.1 Å². The number of rotatable bonds is 7. The maximum absolute atomic E-state index is 12.3. The lowest BCUT2D eigenvalue weighted by molar-refractivity contribution is -0.113. The molecule has 29 heavy (non-hydrogen) atoms. The Bertz CT molecular complexity index is 984. The largest absolute Gasteiger partial charge is 0.459 e. The zero-order valence-electron chi connectivity index (χ0n) is 16.3. The summed E-state index contributed by atoms with van der Waals surface area (Å²) < 4.78 is 6.73. The summed E-state index contributed by atoms with van der Waals surface area (Å²) in [6.07, 6.45) is -0.185. The molecule has 0 aliphatic carbocycles. The third-order valence-corrected chi connectivity index (χ3v) is 4.72. The Balaban J connectivity index is 1.56. The summed E-state index contributed by atoms with van der Waals surface area (Å²) in [6, 6.07) is 14.3. The highest BCUT2D eigenvalue weighted by Gasteiger charge is 2.13. The van der Waals surface area contributed by atoms with Crippen molar-refractivity contribution in [3.8, 4) is 5.69 Å². The van der Waals surface area contributed by atoms with Gasteiger partial charge in [0.2, 0.25) is 11.1 Å². The number of hydrogen-bond acceptors (Lipinski definition) is 7. The van der Waals surface area contributed by atoms with Crippen LogP contribution >= 0.6 is 11.8 Å². The van der Waals surface area contributed by atoms with Crippen LogP contribution in [0.25, 0.3) is 5.69 Å². The van der Waals surface area contributed by atoms with Crippen LogP contribution in [0.4, 0.5) is 5.69 Å². The van der Waals surface area contributed by atoms with Crippen LogP contribution in [0.2, 0.25) is 0 Å². The lowest BCUT2D eigenvalue weighted by Gasteiger charge is -2.09. The molecule has 0 spiro atoms. The average Bonchev–Trinajstić information content (AvgIpc) is 3.15. The minimum atomic E-state index is -0.392. The normalized spacial score (nSPS) is 10.8. The van der Waals surface area contributed by atoms with E-state index in [1.165, 1.54) is 11.8 Å². The van der Waals surface area contributed by atoms with Crippen LogP contribution in [0.3, 0.4) is 0 Å². The molecule has 1 heterocycles. The zero-order chi connectivity index (χ0) is 20.8. The minimum absolute atomic E-state index is 0.142. The molecule has 0 radical (unpaired) electrons. The van der Waals surface area contributed by atoms with Gasteiger partial charge in [0.25, 0.3) is 0 Å². The highest BCUT2D eigenvalue weighted by Crippen LogP contribution is 2.19. The van der Waals surface area contributed by atoms with Crippen molar-refractivity contribution in [2.24, 2.45) is 0 Å². The first-order chi connectivity index (χ1) is 13.9. The van der Waals surface area contributed by atoms with Crippen molar-refractivity contribution in [3.05, 3.63) is 59.7 Å². The number of tetrazole rings is 1. The number of aromatic nitrogens is 4. The van der Waals surface area contributed by atoms with Gasteiger partial charge in [-0.05, 0) is 67.6 Å². The molecule has 2 aromatic carbocycles. The predicted octanol–water partition coefficient (Wildman–Crippen LogP) is 3.27. The Morgan fingerprint density at radius 2 is 1.79 bits per heavy atom. The van der Waals surface area contributed by atoms with Gasteiger partial charge in [0.1, 0.15) is 0 Å². The first-order valence-electron chi connectivity index (χ1n) is 9.01. The average molecular weight is 411 g/mol. The van der Waals surface area contributed by atoms with Crippen LogP contribution in [0.1, 0.15) is 29.8 Å². The number of benzene rings is 2. The fourth-order valence-corrected chi connectivity index (χ4v) is 3.11. The summed E-state index contributed by atoms with van der Waals surface area (Å²) in [6.45, 7) is 5.59. The van der Waals surface area contributed by atoms with Crippen molar-refractivity contribution in [3.63, 3.8) is 0 Å². The van der Waals surface area contributed by atoms with Gasteiger partial charge in [-0.3, -0.25) is 4.79 Å². The number of hydrogen-bond donors (Lipinski definition) is 1. The molecule has 0 aliphatic rings. The van der Waals surface area contributed by atoms with E-state index >= 15 is 0 Å². The summed E-state index contributed by atoms with van der Waals surface area (Å²) in [4.78, 5) is 24.1. The van der Waals surface area contributed by atoms with Crippen LogP contribution in [0.15, 0.2) is 53.7 Å². The molecule has 0 unspecified atom stereocenters. The Kier molecular flexibility index (Phi) is 6.61. The molecular weight excluding hydrogens is 390 g/mol. The number of carbonyl (C=O) groups excluding carboxylic acids is 2. The van der Waals surface area contributed by atoms with E-state index in [9.17, 15) is 9.59 Å². The Morgan fingerprint density at radius 3 is 2.45 bits per heavy atom. The fraction of sp³-hybridized carbons (Fsp3) is 0.250. The molecule has 8 nitrogen and oxygen atoms in total. The third-order valence-electron chi connectivity index (χ3n) is 3.80. The quantitative estimate of drug-likeness (QED) is 0.470. The topological polar surface area (TPSA) is 99.0 Å². The van der Waals surface area contributed by atoms with E-state index in [0.29, 0.717) is 16.4 Å². The molecule has 9 heteroatoms. The SMILES string of the molecule is Cc1ccc(-n2nnnc2SCC(=O)Nc2ccc(C(=O)OC(C)C)cc2)cc1. The predicted molar refractivity (Wildman–Crippen MR) is 110 cm³/mol. The van der Waals surface area contributed by atoms with Crippen LogP contribution in [-0.4, -0.2) is 43.9 Å². The number of anilines is 1. The second-order valence-corrected chi connectivity index (χ2v) is 7.52. The highest BCUT2D eigenvalue weighted by molar-refractivity contribution is 7.99. The summed E-state index contributed by atoms with van der Waals surface area (Å²) >= 11 is 1.24. The van der Waals surface area contributed by atoms with Crippen molar-refractivity contribution in [1.82, 2.24) is 20.2 Å². The first kappa shape index (κ1) is 20.5. The molecule has 0 atom stereocenters. The van der Waals surface area contributed by atoms with Crippen LogP contribution in [0.5, 0.6) is 0 Å². The minimum Gasteiger partial charge on any atom is -0.459 e. The molecule has 0 saturated carbocycles. The number of ether oxygens (including phenoxy) is 1. The highest BCUT2D eigenvalue weighted by atomic mass is 32.2. The maximum atomic E-state index is 12.3. The molecule has 1 amide bonds. The van der Waals surface area contributed by atoms with Gasteiger partial charge in [0.05, 0.1) is 23.1 Å². The van der Waals surface area contributed by atoms with E-state index in [4.69, 9.17) is 4.74 Å². The molecule has 150 valence electrons. The maximum Gasteiger partial charge on any atom is 0.338 e. The number of aryl methyl sites for hydroxylation is 1. The monoisotopic (exact) mass is 411 g/mol. The molecular formula is C20H21N5O3S. The molecule has 0 saturated heterocycles. The Morgan fingerprint density at radius 1 is 1.10 bits per heavy atom. The molecule has 3 rings (SSSR count). The van der Waals surface area contributed by atoms with Gasteiger partial charge in [-0.1, -0.05) is 29.5 Å². The van der Waals surface area contributed by atoms with Crippen LogP contribution < -0.4 is 5.32 Å². The Hall–Kier alpha value is -3.20. The van der Waals surface area contributed by atoms with E-state index in [1.54, 1.807) is 42.8 Å². The van der Waals surface area contributed by atoms with E-state index in [0.717, 1.165) is 11.3 Å². The first-order valence-corrected chi connectivity index (χ1v) is 10.00. The van der Waals surface area contributed by atoms with Gasteiger partial charge in [0, 0.05) is 5.69 Å². The fourth-order valence-electron chi connectivity index (χ4n) is 2.42. The van der Waals surface area contributed by atoms with Gasteiger partial charge in [-0.25, -0.2) is 4.79 Å². The van der Waals surface area contributed by atoms with Crippen molar-refractivity contribution >= 4 is 29.3 Å². The summed E-state index contributed by atoms with van der Waals surface area (Å²) in [7, 11) is 0. The van der Waals surface area contributed by atoms with Crippen LogP contribution in [0, 0.1) is 6.92 Å². The number of amides is 1.